The molecule has 0 spiro atoms. The summed E-state index contributed by atoms with van der Waals surface area (Å²) in [6.45, 7) is 4.16. The van der Waals surface area contributed by atoms with Gasteiger partial charge in [-0.25, -0.2) is 4.79 Å². The third kappa shape index (κ3) is 2.27. The van der Waals surface area contributed by atoms with Crippen molar-refractivity contribution in [1.29, 1.82) is 5.26 Å². The highest BCUT2D eigenvalue weighted by Gasteiger charge is 2.34. The number of nitrogens with two attached hydrogens (primary N) is 1. The molecule has 0 aliphatic heterocycles. The van der Waals surface area contributed by atoms with Gasteiger partial charge in [-0.2, -0.15) is 5.26 Å². The quantitative estimate of drug-likeness (QED) is 0.815. The number of hydrogen-bond donors (Lipinski definition) is 2. The molecular formula is C12H15N3O2S. The van der Waals surface area contributed by atoms with E-state index in [0.717, 1.165) is 6.42 Å². The molecule has 6 heteroatoms. The van der Waals surface area contributed by atoms with E-state index in [9.17, 15) is 4.79 Å². The molecule has 0 radical (unpaired) electrons. The van der Waals surface area contributed by atoms with Gasteiger partial charge in [0.25, 0.3) is 0 Å². The molecule has 3 N–H and O–H groups in total. The maximum Gasteiger partial charge on any atom is 0.350 e. The maximum absolute atomic E-state index is 11.7. The predicted molar refractivity (Wildman–Crippen MR) is 70.6 cm³/mol. The largest absolute Gasteiger partial charge is 0.462 e. The number of thiophene rings is 1. The predicted octanol–water partition coefficient (Wildman–Crippen LogP) is 2.20. The Bertz CT molecular complexity index is 518. The van der Waals surface area contributed by atoms with Crippen molar-refractivity contribution in [3.63, 3.8) is 0 Å². The summed E-state index contributed by atoms with van der Waals surface area (Å²) in [7, 11) is 0. The fourth-order valence-corrected chi connectivity index (χ4v) is 2.72. The molecule has 2 atom stereocenters. The summed E-state index contributed by atoms with van der Waals surface area (Å²) >= 11 is 1.20. The first-order valence-corrected chi connectivity index (χ1v) is 6.66. The highest BCUT2D eigenvalue weighted by molar-refractivity contribution is 7.18. The van der Waals surface area contributed by atoms with Gasteiger partial charge in [0, 0.05) is 6.04 Å². The van der Waals surface area contributed by atoms with Gasteiger partial charge in [0.05, 0.1) is 12.3 Å². The minimum absolute atomic E-state index is 0.219. The van der Waals surface area contributed by atoms with Crippen LogP contribution in [0.4, 0.5) is 10.7 Å². The second-order valence-corrected chi connectivity index (χ2v) is 5.37. The number of ether oxygens (including phenoxy) is 1. The molecule has 2 unspecified atom stereocenters. The van der Waals surface area contributed by atoms with Crippen LogP contribution in [0.15, 0.2) is 0 Å². The topological polar surface area (TPSA) is 88.1 Å². The van der Waals surface area contributed by atoms with Gasteiger partial charge in [-0.3, -0.25) is 0 Å². The average Bonchev–Trinajstić information content (AvgIpc) is 2.91. The monoisotopic (exact) mass is 265 g/mol. The molecule has 0 amide bonds. The molecule has 1 aliphatic carbocycles. The van der Waals surface area contributed by atoms with Crippen LogP contribution in [0.25, 0.3) is 0 Å². The number of carbonyl (C=O) groups excluding carboxylic acids is 1. The van der Waals surface area contributed by atoms with Crippen LogP contribution < -0.4 is 11.1 Å². The van der Waals surface area contributed by atoms with Crippen LogP contribution in [-0.2, 0) is 4.74 Å². The smallest absolute Gasteiger partial charge is 0.350 e. The summed E-state index contributed by atoms with van der Waals surface area (Å²) in [5, 5.41) is 13.0. The van der Waals surface area contributed by atoms with E-state index in [0.29, 0.717) is 34.0 Å². The van der Waals surface area contributed by atoms with Gasteiger partial charge in [0.15, 0.2) is 0 Å². The number of rotatable bonds is 4. The molecule has 0 aromatic carbocycles. The van der Waals surface area contributed by atoms with Gasteiger partial charge in [-0.05, 0) is 19.3 Å². The Hall–Kier alpha value is -1.74. The number of nitrogen functional groups attached to an aromatic ring is 1. The standard InChI is InChI=1S/C12H15N3O2S/c1-3-17-12(16)10-9(14)7(5-13)11(18-10)15-8-4-6(8)2/h6,8,15H,3-4,14H2,1-2H3. The van der Waals surface area contributed by atoms with Crippen molar-refractivity contribution >= 4 is 28.0 Å². The van der Waals surface area contributed by atoms with Crippen molar-refractivity contribution in [2.24, 2.45) is 5.92 Å². The molecule has 96 valence electrons. The van der Waals surface area contributed by atoms with Crippen molar-refractivity contribution < 1.29 is 9.53 Å². The maximum atomic E-state index is 11.7. The molecule has 0 bridgehead atoms. The molecule has 18 heavy (non-hydrogen) atoms. The molecule has 1 aromatic heterocycles. The van der Waals surface area contributed by atoms with Crippen molar-refractivity contribution in [1.82, 2.24) is 0 Å². The van der Waals surface area contributed by atoms with Crippen LogP contribution in [-0.4, -0.2) is 18.6 Å². The molecule has 1 heterocycles. The van der Waals surface area contributed by atoms with Crippen molar-refractivity contribution in [2.45, 2.75) is 26.3 Å². The first-order valence-electron chi connectivity index (χ1n) is 5.84. The lowest BCUT2D eigenvalue weighted by Crippen LogP contribution is -2.05. The van der Waals surface area contributed by atoms with E-state index in [2.05, 4.69) is 12.2 Å². The van der Waals surface area contributed by atoms with E-state index in [1.54, 1.807) is 6.92 Å². The van der Waals surface area contributed by atoms with E-state index < -0.39 is 5.97 Å². The lowest BCUT2D eigenvalue weighted by atomic mass is 10.2. The fraction of sp³-hybridized carbons (Fsp3) is 0.500. The summed E-state index contributed by atoms with van der Waals surface area (Å²) in [5.74, 6) is 0.138. The number of nitrogens with zero attached hydrogens (tertiary/aromatic N) is 1. The third-order valence-corrected chi connectivity index (χ3v) is 4.06. The molecule has 0 saturated heterocycles. The number of nitriles is 1. The van der Waals surface area contributed by atoms with Crippen LogP contribution in [0.1, 0.15) is 35.5 Å². The van der Waals surface area contributed by atoms with Crippen LogP contribution in [0.3, 0.4) is 0 Å². The Morgan fingerprint density at radius 3 is 2.89 bits per heavy atom. The zero-order valence-electron chi connectivity index (χ0n) is 10.3. The molecule has 1 saturated carbocycles. The normalized spacial score (nSPS) is 21.2. The van der Waals surface area contributed by atoms with Crippen molar-refractivity contribution in [3.05, 3.63) is 10.4 Å². The Kier molecular flexibility index (Phi) is 3.43. The summed E-state index contributed by atoms with van der Waals surface area (Å²) in [6, 6.07) is 2.42. The highest BCUT2D eigenvalue weighted by atomic mass is 32.1. The van der Waals surface area contributed by atoms with E-state index >= 15 is 0 Å². The van der Waals surface area contributed by atoms with E-state index in [1.807, 2.05) is 6.07 Å². The molecule has 1 fully saturated rings. The van der Waals surface area contributed by atoms with Gasteiger partial charge < -0.3 is 15.8 Å². The number of nitrogens with one attached hydrogen (secondary N) is 1. The van der Waals surface area contributed by atoms with Crippen LogP contribution in [0.2, 0.25) is 0 Å². The van der Waals surface area contributed by atoms with E-state index in [1.165, 1.54) is 11.3 Å². The molecule has 1 aromatic rings. The van der Waals surface area contributed by atoms with Gasteiger partial charge in [0.2, 0.25) is 0 Å². The Labute approximate surface area is 110 Å². The molecule has 5 nitrogen and oxygen atoms in total. The minimum Gasteiger partial charge on any atom is -0.462 e. The van der Waals surface area contributed by atoms with Crippen LogP contribution in [0.5, 0.6) is 0 Å². The van der Waals surface area contributed by atoms with Crippen LogP contribution >= 0.6 is 11.3 Å². The van der Waals surface area contributed by atoms with E-state index in [4.69, 9.17) is 15.7 Å². The average molecular weight is 265 g/mol. The van der Waals surface area contributed by atoms with Crippen molar-refractivity contribution in [2.75, 3.05) is 17.7 Å². The minimum atomic E-state index is -0.464. The summed E-state index contributed by atoms with van der Waals surface area (Å²) in [5.41, 5.74) is 6.39. The second-order valence-electron chi connectivity index (χ2n) is 4.35. The molecular weight excluding hydrogens is 250 g/mol. The van der Waals surface area contributed by atoms with Crippen LogP contribution in [0, 0.1) is 17.2 Å². The Balaban J connectivity index is 2.27. The first kappa shape index (κ1) is 12.7. The first-order chi connectivity index (χ1) is 8.58. The Morgan fingerprint density at radius 2 is 2.39 bits per heavy atom. The lowest BCUT2D eigenvalue weighted by molar-refractivity contribution is 0.0533. The summed E-state index contributed by atoms with van der Waals surface area (Å²) in [6.07, 6.45) is 1.08. The number of hydrogen-bond acceptors (Lipinski definition) is 6. The van der Waals surface area contributed by atoms with Gasteiger partial charge in [0.1, 0.15) is 21.5 Å². The summed E-state index contributed by atoms with van der Waals surface area (Å²) < 4.78 is 4.92. The lowest BCUT2D eigenvalue weighted by Gasteiger charge is -2.01. The van der Waals surface area contributed by atoms with Gasteiger partial charge in [-0.15, -0.1) is 11.3 Å². The third-order valence-electron chi connectivity index (χ3n) is 2.94. The zero-order valence-corrected chi connectivity index (χ0v) is 11.1. The number of anilines is 2. The van der Waals surface area contributed by atoms with Gasteiger partial charge in [-0.1, -0.05) is 6.92 Å². The SMILES string of the molecule is CCOC(=O)c1sc(NC2CC2C)c(C#N)c1N. The summed E-state index contributed by atoms with van der Waals surface area (Å²) in [4.78, 5) is 12.0. The van der Waals surface area contributed by atoms with E-state index in [-0.39, 0.29) is 5.69 Å². The zero-order chi connectivity index (χ0) is 13.3. The molecule has 1 aliphatic rings. The number of esters is 1. The Morgan fingerprint density at radius 1 is 1.72 bits per heavy atom. The van der Waals surface area contributed by atoms with Crippen molar-refractivity contribution in [3.8, 4) is 6.07 Å². The highest BCUT2D eigenvalue weighted by Crippen LogP contribution is 2.40. The second kappa shape index (κ2) is 4.86. The van der Waals surface area contributed by atoms with Gasteiger partial charge >= 0.3 is 5.97 Å². The number of carbonyl (C=O) groups is 1. The molecule has 2 rings (SSSR count). The fourth-order valence-electron chi connectivity index (χ4n) is 1.70.